The summed E-state index contributed by atoms with van der Waals surface area (Å²) in [5, 5.41) is 0.725. The molecule has 7 rings (SSSR count). The van der Waals surface area contributed by atoms with E-state index in [-0.39, 0.29) is 11.0 Å². The molecule has 3 aromatic carbocycles. The predicted octanol–water partition coefficient (Wildman–Crippen LogP) is 4.00. The number of anilines is 2. The molecule has 3 N–H and O–H groups in total. The lowest BCUT2D eigenvalue weighted by Gasteiger charge is -2.37. The second kappa shape index (κ2) is 9.17. The fourth-order valence-electron chi connectivity index (χ4n) is 5.22. The fourth-order valence-corrected chi connectivity index (χ4v) is 5.35. The van der Waals surface area contributed by atoms with Crippen LogP contribution in [0.1, 0.15) is 0 Å². The Balaban J connectivity index is 1.42. The van der Waals surface area contributed by atoms with Crippen molar-refractivity contribution in [3.05, 3.63) is 98.8 Å². The van der Waals surface area contributed by atoms with Crippen molar-refractivity contribution in [1.29, 1.82) is 0 Å². The van der Waals surface area contributed by atoms with Crippen LogP contribution in [0.2, 0.25) is 5.02 Å². The second-order valence-electron chi connectivity index (χ2n) is 9.45. The molecule has 1 fully saturated rings. The average molecular weight is 539 g/mol. The Hall–Kier alpha value is -4.83. The zero-order valence-electron chi connectivity index (χ0n) is 20.7. The van der Waals surface area contributed by atoms with Crippen LogP contribution in [-0.2, 0) is 0 Å². The van der Waals surface area contributed by atoms with Crippen LogP contribution in [0.25, 0.3) is 38.9 Å². The lowest BCUT2D eigenvalue weighted by atomic mass is 10.2. The molecule has 0 unspecified atom stereocenters. The van der Waals surface area contributed by atoms with E-state index in [1.165, 1.54) is 6.33 Å². The van der Waals surface area contributed by atoms with Crippen molar-refractivity contribution < 1.29 is 0 Å². The SMILES string of the molecule is O=c1[nH]c2ccc(N3CCN(c4ccc(Cl)cc4)CC3)cc2n2c(nc3ccccc32)[nH]c(=O)c2[nH]cnc12. The molecule has 0 spiro atoms. The Morgan fingerprint density at radius 1 is 0.769 bits per heavy atom. The van der Waals surface area contributed by atoms with Crippen LogP contribution >= 0.6 is 11.6 Å². The van der Waals surface area contributed by atoms with Crippen LogP contribution in [0.5, 0.6) is 0 Å². The number of aromatic nitrogens is 6. The lowest BCUT2D eigenvalue weighted by Crippen LogP contribution is -2.46. The third kappa shape index (κ3) is 4.05. The standard InChI is InChI=1S/C28H23ClN8O2/c29-17-5-7-18(8-6-17)35-11-13-36(14-12-35)19-9-10-21-23(15-19)37-22-4-2-1-3-20(22)33-28(37)34-27(39)25-24(26(38)32-21)30-16-31-25/h1-10,15-16H,11-14H2,(H,30,31)(H,32,38)(H,33,34,39). The molecule has 10 nitrogen and oxygen atoms in total. The summed E-state index contributed by atoms with van der Waals surface area (Å²) in [4.78, 5) is 48.4. The molecule has 0 atom stereocenters. The van der Waals surface area contributed by atoms with Gasteiger partial charge in [0.15, 0.2) is 5.52 Å². The molecule has 1 aliphatic heterocycles. The van der Waals surface area contributed by atoms with Gasteiger partial charge in [0.25, 0.3) is 11.1 Å². The Labute approximate surface area is 225 Å². The van der Waals surface area contributed by atoms with E-state index in [2.05, 4.69) is 29.7 Å². The van der Waals surface area contributed by atoms with Crippen LogP contribution in [0.15, 0.2) is 82.6 Å². The number of benzene rings is 3. The van der Waals surface area contributed by atoms with E-state index in [1.54, 1.807) is 0 Å². The van der Waals surface area contributed by atoms with Crippen molar-refractivity contribution >= 4 is 61.9 Å². The van der Waals surface area contributed by atoms with Gasteiger partial charge in [0.05, 0.1) is 28.4 Å². The predicted molar refractivity (Wildman–Crippen MR) is 155 cm³/mol. The van der Waals surface area contributed by atoms with Crippen molar-refractivity contribution in [2.75, 3.05) is 36.0 Å². The third-order valence-corrected chi connectivity index (χ3v) is 7.43. The highest BCUT2D eigenvalue weighted by atomic mass is 35.5. The van der Waals surface area contributed by atoms with Gasteiger partial charge in [-0.1, -0.05) is 23.7 Å². The van der Waals surface area contributed by atoms with E-state index < -0.39 is 11.1 Å². The van der Waals surface area contributed by atoms with Gasteiger partial charge in [-0.25, -0.2) is 9.97 Å². The van der Waals surface area contributed by atoms with E-state index >= 15 is 0 Å². The summed E-state index contributed by atoms with van der Waals surface area (Å²) in [6.07, 6.45) is 1.33. The molecule has 4 heterocycles. The van der Waals surface area contributed by atoms with Crippen LogP contribution in [0, 0.1) is 0 Å². The summed E-state index contributed by atoms with van der Waals surface area (Å²) >= 11 is 6.07. The topological polar surface area (TPSA) is 118 Å². The maximum atomic E-state index is 13.2. The minimum Gasteiger partial charge on any atom is -0.368 e. The maximum absolute atomic E-state index is 13.2. The zero-order valence-corrected chi connectivity index (χ0v) is 21.4. The van der Waals surface area contributed by atoms with Crippen molar-refractivity contribution in [2.24, 2.45) is 0 Å². The van der Waals surface area contributed by atoms with E-state index in [0.717, 1.165) is 53.6 Å². The maximum Gasteiger partial charge on any atom is 0.276 e. The van der Waals surface area contributed by atoms with E-state index in [0.29, 0.717) is 16.8 Å². The molecule has 1 saturated heterocycles. The molecule has 39 heavy (non-hydrogen) atoms. The molecule has 0 bridgehead atoms. The van der Waals surface area contributed by atoms with Crippen molar-refractivity contribution in [2.45, 2.75) is 0 Å². The molecule has 6 aromatic rings. The van der Waals surface area contributed by atoms with Crippen LogP contribution < -0.4 is 20.9 Å². The first-order valence-electron chi connectivity index (χ1n) is 12.6. The number of halogens is 1. The number of rotatable bonds is 2. The molecule has 0 amide bonds. The summed E-state index contributed by atoms with van der Waals surface area (Å²) in [7, 11) is 0. The molecule has 0 aliphatic carbocycles. The highest BCUT2D eigenvalue weighted by Crippen LogP contribution is 2.26. The number of nitrogens with zero attached hydrogens (tertiary/aromatic N) is 5. The van der Waals surface area contributed by atoms with Gasteiger partial charge < -0.3 is 19.8 Å². The number of piperazine rings is 1. The number of para-hydroxylation sites is 2. The van der Waals surface area contributed by atoms with Gasteiger partial charge in [0, 0.05) is 42.6 Å². The van der Waals surface area contributed by atoms with Gasteiger partial charge in [-0.3, -0.25) is 19.0 Å². The van der Waals surface area contributed by atoms with Gasteiger partial charge in [-0.2, -0.15) is 0 Å². The molecule has 3 aromatic heterocycles. The summed E-state index contributed by atoms with van der Waals surface area (Å²) in [6.45, 7) is 3.34. The summed E-state index contributed by atoms with van der Waals surface area (Å²) in [6, 6.07) is 21.5. The lowest BCUT2D eigenvalue weighted by molar-refractivity contribution is 0.654. The van der Waals surface area contributed by atoms with Gasteiger partial charge in [-0.15, -0.1) is 0 Å². The Kier molecular flexibility index (Phi) is 5.48. The van der Waals surface area contributed by atoms with Gasteiger partial charge >= 0.3 is 0 Å². The first kappa shape index (κ1) is 23.3. The number of imidazole rings is 2. The van der Waals surface area contributed by atoms with E-state index in [1.807, 2.05) is 71.1 Å². The number of hydrogen-bond donors (Lipinski definition) is 3. The highest BCUT2D eigenvalue weighted by molar-refractivity contribution is 6.30. The Morgan fingerprint density at radius 2 is 1.49 bits per heavy atom. The molecule has 11 heteroatoms. The number of aromatic amines is 3. The summed E-state index contributed by atoms with van der Waals surface area (Å²) in [5.74, 6) is 0.351. The summed E-state index contributed by atoms with van der Waals surface area (Å²) < 4.78 is 1.87. The third-order valence-electron chi connectivity index (χ3n) is 7.17. The molecular formula is C28H23ClN8O2. The second-order valence-corrected chi connectivity index (χ2v) is 9.88. The van der Waals surface area contributed by atoms with Crippen molar-refractivity contribution in [3.63, 3.8) is 0 Å². The highest BCUT2D eigenvalue weighted by Gasteiger charge is 2.19. The Bertz CT molecular complexity index is 2050. The molecule has 1 aliphatic rings. The number of fused-ring (bicyclic) bond motifs is 6. The van der Waals surface area contributed by atoms with Gasteiger partial charge in [0.1, 0.15) is 5.52 Å². The fraction of sp³-hybridized carbons (Fsp3) is 0.143. The quantitative estimate of drug-likeness (QED) is 0.307. The zero-order chi connectivity index (χ0) is 26.5. The monoisotopic (exact) mass is 538 g/mol. The van der Waals surface area contributed by atoms with Gasteiger partial charge in [-0.05, 0) is 54.6 Å². The number of hydrogen-bond acceptors (Lipinski definition) is 6. The first-order chi connectivity index (χ1) is 19.0. The number of nitrogens with one attached hydrogen (secondary N) is 3. The first-order valence-corrected chi connectivity index (χ1v) is 13.0. The molecule has 194 valence electrons. The minimum atomic E-state index is -0.493. The summed E-state index contributed by atoms with van der Waals surface area (Å²) in [5.41, 5.74) is 4.08. The largest absolute Gasteiger partial charge is 0.368 e. The van der Waals surface area contributed by atoms with E-state index in [4.69, 9.17) is 16.6 Å². The minimum absolute atomic E-state index is 0.0189. The smallest absolute Gasteiger partial charge is 0.276 e. The van der Waals surface area contributed by atoms with Gasteiger partial charge in [0.2, 0.25) is 5.78 Å². The van der Waals surface area contributed by atoms with Crippen LogP contribution in [0.3, 0.4) is 0 Å². The van der Waals surface area contributed by atoms with Crippen molar-refractivity contribution in [3.8, 4) is 0 Å². The van der Waals surface area contributed by atoms with Crippen LogP contribution in [-0.4, -0.2) is 55.5 Å². The molecule has 0 saturated carbocycles. The molecule has 0 radical (unpaired) electrons. The van der Waals surface area contributed by atoms with E-state index in [9.17, 15) is 9.59 Å². The molecular weight excluding hydrogens is 516 g/mol. The Morgan fingerprint density at radius 3 is 2.28 bits per heavy atom. The normalized spacial score (nSPS) is 14.0. The number of H-pyrrole nitrogens is 3. The van der Waals surface area contributed by atoms with Crippen molar-refractivity contribution in [1.82, 2.24) is 29.3 Å². The average Bonchev–Trinajstić information content (AvgIpc) is 3.59. The van der Waals surface area contributed by atoms with Crippen LogP contribution in [0.4, 0.5) is 11.4 Å².